The summed E-state index contributed by atoms with van der Waals surface area (Å²) in [5.41, 5.74) is 3.70. The van der Waals surface area contributed by atoms with E-state index in [2.05, 4.69) is 32.3 Å². The number of pyridine rings is 1. The number of aryl methyl sites for hydroxylation is 1. The maximum absolute atomic E-state index is 14.2. The molecule has 42 heavy (non-hydrogen) atoms. The number of fused-ring (bicyclic) bond motifs is 2. The highest BCUT2D eigenvalue weighted by atomic mass is 16.3. The first-order chi connectivity index (χ1) is 20.4. The molecule has 0 radical (unpaired) electrons. The van der Waals surface area contributed by atoms with Crippen LogP contribution in [0, 0.1) is 18.8 Å². The number of nitrogens with zero attached hydrogens (tertiary/aromatic N) is 6. The Bertz CT molecular complexity index is 2060. The van der Waals surface area contributed by atoms with Crippen LogP contribution >= 0.6 is 0 Å². The summed E-state index contributed by atoms with van der Waals surface area (Å²) >= 11 is 0. The molecule has 0 fully saturated rings. The van der Waals surface area contributed by atoms with Crippen molar-refractivity contribution in [3.8, 4) is 17.5 Å². The summed E-state index contributed by atoms with van der Waals surface area (Å²) in [6.07, 6.45) is 6.74. The van der Waals surface area contributed by atoms with Crippen LogP contribution in [-0.2, 0) is 6.54 Å². The van der Waals surface area contributed by atoms with Crippen LogP contribution in [0.15, 0.2) is 90.2 Å². The molecule has 0 aliphatic carbocycles. The van der Waals surface area contributed by atoms with Gasteiger partial charge in [-0.2, -0.15) is 10.2 Å². The quantitative estimate of drug-likeness (QED) is 0.303. The number of rotatable bonds is 6. The van der Waals surface area contributed by atoms with E-state index in [0.29, 0.717) is 56.7 Å². The highest BCUT2D eigenvalue weighted by molar-refractivity contribution is 6.01. The second-order valence-electron chi connectivity index (χ2n) is 9.82. The zero-order valence-electron chi connectivity index (χ0n) is 23.0. The van der Waals surface area contributed by atoms with Crippen molar-refractivity contribution < 1.29 is 9.90 Å². The van der Waals surface area contributed by atoms with Crippen molar-refractivity contribution in [2.75, 3.05) is 6.61 Å². The maximum Gasteiger partial charge on any atom is 0.264 e. The van der Waals surface area contributed by atoms with Crippen LogP contribution in [0.5, 0.6) is 0 Å². The van der Waals surface area contributed by atoms with Gasteiger partial charge in [-0.25, -0.2) is 9.50 Å². The van der Waals surface area contributed by atoms with Crippen molar-refractivity contribution in [3.63, 3.8) is 0 Å². The summed E-state index contributed by atoms with van der Waals surface area (Å²) in [4.78, 5) is 32.1. The molecular formula is C32H27N7O3. The van der Waals surface area contributed by atoms with Crippen LogP contribution in [0.1, 0.15) is 45.8 Å². The predicted molar refractivity (Wildman–Crippen MR) is 158 cm³/mol. The number of para-hydroxylation sites is 1. The molecule has 6 rings (SSSR count). The van der Waals surface area contributed by atoms with E-state index < -0.39 is 6.04 Å². The third-order valence-electron chi connectivity index (χ3n) is 6.98. The number of benzene rings is 2. The molecule has 0 bridgehead atoms. The van der Waals surface area contributed by atoms with Gasteiger partial charge in [0.25, 0.3) is 11.5 Å². The highest BCUT2D eigenvalue weighted by Crippen LogP contribution is 2.24. The van der Waals surface area contributed by atoms with Crippen LogP contribution in [0.3, 0.4) is 0 Å². The number of carbonyl (C=O) groups is 1. The summed E-state index contributed by atoms with van der Waals surface area (Å²) in [5.74, 6) is 5.89. The molecule has 0 saturated carbocycles. The first-order valence-electron chi connectivity index (χ1n) is 13.4. The molecule has 0 aliphatic rings. The SMILES string of the molecule is Cc1nn2cccnc2c1C(=O)N[C@@H](C)c1cc2cccc(C#Cc3cnn(CCO)c3)c2c(=O)n1-c1ccccc1. The molecule has 1 atom stereocenters. The second-order valence-corrected chi connectivity index (χ2v) is 9.82. The van der Waals surface area contributed by atoms with E-state index in [1.165, 1.54) is 0 Å². The van der Waals surface area contributed by atoms with Gasteiger partial charge in [0, 0.05) is 35.5 Å². The van der Waals surface area contributed by atoms with E-state index in [-0.39, 0.29) is 18.1 Å². The third kappa shape index (κ3) is 4.93. The van der Waals surface area contributed by atoms with Gasteiger partial charge in [0.05, 0.1) is 42.0 Å². The maximum atomic E-state index is 14.2. The van der Waals surface area contributed by atoms with E-state index >= 15 is 0 Å². The molecule has 0 spiro atoms. The van der Waals surface area contributed by atoms with Crippen molar-refractivity contribution in [2.45, 2.75) is 26.4 Å². The summed E-state index contributed by atoms with van der Waals surface area (Å²) in [6.45, 7) is 3.97. The lowest BCUT2D eigenvalue weighted by Crippen LogP contribution is -2.32. The fourth-order valence-electron chi connectivity index (χ4n) is 5.05. The van der Waals surface area contributed by atoms with Crippen LogP contribution in [0.4, 0.5) is 0 Å². The molecule has 208 valence electrons. The van der Waals surface area contributed by atoms with Crippen LogP contribution in [-0.4, -0.2) is 46.6 Å². The van der Waals surface area contributed by atoms with Crippen LogP contribution in [0.2, 0.25) is 0 Å². The topological polar surface area (TPSA) is 119 Å². The molecular weight excluding hydrogens is 530 g/mol. The second kappa shape index (κ2) is 11.2. The first kappa shape index (κ1) is 26.7. The van der Waals surface area contributed by atoms with Gasteiger partial charge < -0.3 is 10.4 Å². The number of nitrogens with one attached hydrogen (secondary N) is 1. The van der Waals surface area contributed by atoms with Crippen molar-refractivity contribution in [2.24, 2.45) is 0 Å². The Hall–Kier alpha value is -5.53. The minimum Gasteiger partial charge on any atom is -0.394 e. The fraction of sp³-hybridized carbons (Fsp3) is 0.156. The largest absolute Gasteiger partial charge is 0.394 e. The van der Waals surface area contributed by atoms with Gasteiger partial charge in [0.15, 0.2) is 5.65 Å². The molecule has 0 unspecified atom stereocenters. The summed E-state index contributed by atoms with van der Waals surface area (Å²) < 4.78 is 4.81. The predicted octanol–water partition coefficient (Wildman–Crippen LogP) is 3.42. The number of aliphatic hydroxyl groups excluding tert-OH is 1. The van der Waals surface area contributed by atoms with Gasteiger partial charge in [-0.05, 0) is 49.6 Å². The van der Waals surface area contributed by atoms with E-state index in [4.69, 9.17) is 5.11 Å². The van der Waals surface area contributed by atoms with Gasteiger partial charge in [0.2, 0.25) is 0 Å². The molecule has 2 aromatic carbocycles. The van der Waals surface area contributed by atoms with Gasteiger partial charge in [-0.15, -0.1) is 0 Å². The average molecular weight is 558 g/mol. The number of amides is 1. The smallest absolute Gasteiger partial charge is 0.264 e. The number of hydrogen-bond donors (Lipinski definition) is 2. The number of aromatic nitrogens is 6. The molecule has 1 amide bonds. The summed E-state index contributed by atoms with van der Waals surface area (Å²) in [5, 5.41) is 22.0. The standard InChI is InChI=1S/C32H27N7O3/c1-21(35-31(41)28-22(2)36-38-15-7-14-33-30(28)38)27-18-25-9-6-8-24(13-12-23-19-34-37(20-23)16-17-40)29(25)32(42)39(27)26-10-4-3-5-11-26/h3-11,14-15,18-21,40H,16-17H2,1-2H3,(H,35,41)/t21-/m0/s1. The molecule has 10 nitrogen and oxygen atoms in total. The van der Waals surface area contributed by atoms with E-state index in [1.54, 1.807) is 51.5 Å². The zero-order valence-corrected chi connectivity index (χ0v) is 23.0. The lowest BCUT2D eigenvalue weighted by atomic mass is 10.0. The number of aliphatic hydroxyl groups is 1. The lowest BCUT2D eigenvalue weighted by molar-refractivity contribution is 0.0939. The van der Waals surface area contributed by atoms with Gasteiger partial charge in [-0.3, -0.25) is 18.8 Å². The molecule has 2 N–H and O–H groups in total. The van der Waals surface area contributed by atoms with Crippen molar-refractivity contribution >= 4 is 22.3 Å². The Labute approximate surface area is 240 Å². The summed E-state index contributed by atoms with van der Waals surface area (Å²) in [6, 6.07) is 18.0. The first-order valence-corrected chi connectivity index (χ1v) is 13.4. The van der Waals surface area contributed by atoms with Gasteiger partial charge >= 0.3 is 0 Å². The Morgan fingerprint density at radius 2 is 1.93 bits per heavy atom. The molecule has 6 aromatic rings. The average Bonchev–Trinajstić information content (AvgIpc) is 3.59. The normalized spacial score (nSPS) is 11.8. The van der Waals surface area contributed by atoms with E-state index in [9.17, 15) is 9.59 Å². The highest BCUT2D eigenvalue weighted by Gasteiger charge is 2.23. The molecule has 4 heterocycles. The van der Waals surface area contributed by atoms with E-state index in [0.717, 1.165) is 0 Å². The van der Waals surface area contributed by atoms with Crippen LogP contribution in [0.25, 0.3) is 22.1 Å². The minimum absolute atomic E-state index is 0.0200. The Morgan fingerprint density at radius 3 is 2.74 bits per heavy atom. The Morgan fingerprint density at radius 1 is 1.10 bits per heavy atom. The fourth-order valence-corrected chi connectivity index (χ4v) is 5.05. The number of hydrogen-bond acceptors (Lipinski definition) is 6. The molecule has 4 aromatic heterocycles. The van der Waals surface area contributed by atoms with Gasteiger partial charge in [-0.1, -0.05) is 42.2 Å². The molecule has 0 aliphatic heterocycles. The van der Waals surface area contributed by atoms with Crippen molar-refractivity contribution in [3.05, 3.63) is 124 Å². The number of carbonyl (C=O) groups excluding carboxylic acids is 1. The third-order valence-corrected chi connectivity index (χ3v) is 6.98. The van der Waals surface area contributed by atoms with Crippen molar-refractivity contribution in [1.82, 2.24) is 34.3 Å². The summed E-state index contributed by atoms with van der Waals surface area (Å²) in [7, 11) is 0. The Balaban J connectivity index is 1.45. The molecule has 0 saturated heterocycles. The van der Waals surface area contributed by atoms with Crippen LogP contribution < -0.4 is 10.9 Å². The monoisotopic (exact) mass is 557 g/mol. The zero-order chi connectivity index (χ0) is 29.2. The lowest BCUT2D eigenvalue weighted by Gasteiger charge is -2.21. The van der Waals surface area contributed by atoms with Crippen molar-refractivity contribution in [1.29, 1.82) is 0 Å². The van der Waals surface area contributed by atoms with Gasteiger partial charge in [0.1, 0.15) is 5.56 Å². The minimum atomic E-state index is -0.542. The van der Waals surface area contributed by atoms with E-state index in [1.807, 2.05) is 61.5 Å². The Kier molecular flexibility index (Phi) is 7.09. The molecule has 10 heteroatoms.